The molecule has 192 valence electrons. The van der Waals surface area contributed by atoms with E-state index in [2.05, 4.69) is 11.0 Å². The maximum Gasteiger partial charge on any atom is 0.295 e. The van der Waals surface area contributed by atoms with E-state index < -0.39 is 17.7 Å². The predicted octanol–water partition coefficient (Wildman–Crippen LogP) is 4.39. The minimum absolute atomic E-state index is 0.128. The summed E-state index contributed by atoms with van der Waals surface area (Å²) in [6.07, 6.45) is 0. The zero-order valence-electron chi connectivity index (χ0n) is 20.8. The molecule has 1 unspecified atom stereocenters. The molecule has 2 saturated heterocycles. The second kappa shape index (κ2) is 11.3. The summed E-state index contributed by atoms with van der Waals surface area (Å²) in [6, 6.07) is 18.3. The quantitative estimate of drug-likeness (QED) is 0.271. The van der Waals surface area contributed by atoms with Gasteiger partial charge in [-0.3, -0.25) is 14.5 Å². The number of carbonyl (C=O) groups is 2. The van der Waals surface area contributed by atoms with E-state index in [1.165, 1.54) is 16.9 Å². The first-order valence-electron chi connectivity index (χ1n) is 12.4. The normalized spacial score (nSPS) is 19.9. The third-order valence-corrected chi connectivity index (χ3v) is 7.65. The van der Waals surface area contributed by atoms with Crippen molar-refractivity contribution in [2.75, 3.05) is 39.4 Å². The van der Waals surface area contributed by atoms with Gasteiger partial charge in [-0.05, 0) is 48.2 Å². The van der Waals surface area contributed by atoms with Gasteiger partial charge in [0.05, 0.1) is 24.8 Å². The van der Waals surface area contributed by atoms with Gasteiger partial charge in [0.15, 0.2) is 0 Å². The molecule has 0 bridgehead atoms. The molecule has 5 rings (SSSR count). The zero-order valence-corrected chi connectivity index (χ0v) is 21.6. The Morgan fingerprint density at radius 1 is 1.05 bits per heavy atom. The molecule has 2 aromatic carbocycles. The first-order valence-corrected chi connectivity index (χ1v) is 13.3. The number of amides is 1. The fourth-order valence-corrected chi connectivity index (χ4v) is 5.61. The van der Waals surface area contributed by atoms with Gasteiger partial charge < -0.3 is 19.5 Å². The summed E-state index contributed by atoms with van der Waals surface area (Å²) in [4.78, 5) is 30.9. The first kappa shape index (κ1) is 25.2. The number of benzene rings is 2. The van der Waals surface area contributed by atoms with E-state index in [4.69, 9.17) is 9.47 Å². The SMILES string of the molecule is Cc1cccc(COc2ccc(C(O)=C3C(=O)C(=O)N(CCN4CCOCC4)C3c3cccs3)cc2)c1. The van der Waals surface area contributed by atoms with Crippen molar-refractivity contribution in [3.05, 3.63) is 93.2 Å². The highest BCUT2D eigenvalue weighted by molar-refractivity contribution is 7.10. The van der Waals surface area contributed by atoms with E-state index in [0.29, 0.717) is 44.2 Å². The van der Waals surface area contributed by atoms with Crippen molar-refractivity contribution < 1.29 is 24.2 Å². The van der Waals surface area contributed by atoms with Crippen LogP contribution in [0, 0.1) is 6.92 Å². The molecule has 2 aliphatic heterocycles. The third kappa shape index (κ3) is 5.61. The lowest BCUT2D eigenvalue weighted by Crippen LogP contribution is -2.42. The number of likely N-dealkylation sites (tertiary alicyclic amines) is 1. The summed E-state index contributed by atoms with van der Waals surface area (Å²) >= 11 is 1.47. The molecule has 3 aromatic rings. The zero-order chi connectivity index (χ0) is 25.8. The monoisotopic (exact) mass is 518 g/mol. The molecule has 0 aliphatic carbocycles. The average Bonchev–Trinajstić information content (AvgIpc) is 3.54. The molecule has 0 spiro atoms. The van der Waals surface area contributed by atoms with Crippen LogP contribution in [0.25, 0.3) is 5.76 Å². The molecular formula is C29H30N2O5S. The Morgan fingerprint density at radius 3 is 2.54 bits per heavy atom. The number of hydrogen-bond acceptors (Lipinski definition) is 7. The summed E-state index contributed by atoms with van der Waals surface area (Å²) < 4.78 is 11.3. The number of morpholine rings is 1. The van der Waals surface area contributed by atoms with Crippen molar-refractivity contribution in [3.63, 3.8) is 0 Å². The number of hydrogen-bond donors (Lipinski definition) is 1. The summed E-state index contributed by atoms with van der Waals surface area (Å²) in [6.45, 7) is 6.44. The largest absolute Gasteiger partial charge is 0.507 e. The number of Topliss-reactive ketones (excluding diaryl/α,β-unsaturated/α-hetero) is 1. The van der Waals surface area contributed by atoms with E-state index in [9.17, 15) is 14.7 Å². The predicted molar refractivity (Wildman–Crippen MR) is 143 cm³/mol. The van der Waals surface area contributed by atoms with Crippen molar-refractivity contribution in [2.24, 2.45) is 0 Å². The fourth-order valence-electron chi connectivity index (χ4n) is 4.76. The van der Waals surface area contributed by atoms with Gasteiger partial charge in [0.1, 0.15) is 18.1 Å². The van der Waals surface area contributed by atoms with Gasteiger partial charge in [-0.2, -0.15) is 0 Å². The molecule has 1 N–H and O–H groups in total. The molecule has 3 heterocycles. The summed E-state index contributed by atoms with van der Waals surface area (Å²) in [7, 11) is 0. The van der Waals surface area contributed by atoms with Crippen molar-refractivity contribution in [3.8, 4) is 5.75 Å². The topological polar surface area (TPSA) is 79.3 Å². The molecule has 0 saturated carbocycles. The summed E-state index contributed by atoms with van der Waals surface area (Å²) in [5, 5.41) is 13.2. The molecular weight excluding hydrogens is 488 g/mol. The molecule has 2 aliphatic rings. The van der Waals surface area contributed by atoms with Gasteiger partial charge in [0.2, 0.25) is 0 Å². The summed E-state index contributed by atoms with van der Waals surface area (Å²) in [5.41, 5.74) is 2.83. The van der Waals surface area contributed by atoms with Crippen LogP contribution in [0.1, 0.15) is 27.6 Å². The number of nitrogens with zero attached hydrogens (tertiary/aromatic N) is 2. The maximum absolute atomic E-state index is 13.2. The molecule has 37 heavy (non-hydrogen) atoms. The lowest BCUT2D eigenvalue weighted by molar-refractivity contribution is -0.140. The molecule has 7 nitrogen and oxygen atoms in total. The number of aliphatic hydroxyl groups is 1. The van der Waals surface area contributed by atoms with E-state index in [1.54, 1.807) is 29.2 Å². The Morgan fingerprint density at radius 2 is 1.84 bits per heavy atom. The summed E-state index contributed by atoms with van der Waals surface area (Å²) in [5.74, 6) is -0.751. The minimum atomic E-state index is -0.655. The maximum atomic E-state index is 13.2. The fraction of sp³-hybridized carbons (Fsp3) is 0.310. The molecule has 1 amide bonds. The lowest BCUT2D eigenvalue weighted by Gasteiger charge is -2.30. The van der Waals surface area contributed by atoms with Crippen LogP contribution in [0.4, 0.5) is 0 Å². The van der Waals surface area contributed by atoms with Crippen LogP contribution < -0.4 is 4.74 Å². The van der Waals surface area contributed by atoms with Gasteiger partial charge in [0, 0.05) is 36.6 Å². The highest BCUT2D eigenvalue weighted by Crippen LogP contribution is 2.41. The number of thiophene rings is 1. The molecule has 1 aromatic heterocycles. The number of aliphatic hydroxyl groups excluding tert-OH is 1. The van der Waals surface area contributed by atoms with E-state index in [-0.39, 0.29) is 11.3 Å². The van der Waals surface area contributed by atoms with Crippen LogP contribution in [-0.2, 0) is 20.9 Å². The van der Waals surface area contributed by atoms with Crippen molar-refractivity contribution in [1.82, 2.24) is 9.80 Å². The highest BCUT2D eigenvalue weighted by atomic mass is 32.1. The third-order valence-electron chi connectivity index (χ3n) is 6.73. The van der Waals surface area contributed by atoms with E-state index >= 15 is 0 Å². The Labute approximate surface area is 220 Å². The van der Waals surface area contributed by atoms with Crippen LogP contribution in [0.3, 0.4) is 0 Å². The molecule has 2 fully saturated rings. The second-order valence-corrected chi connectivity index (χ2v) is 10.2. The van der Waals surface area contributed by atoms with Crippen molar-refractivity contribution >= 4 is 28.8 Å². The van der Waals surface area contributed by atoms with E-state index in [1.807, 2.05) is 42.6 Å². The number of ether oxygens (including phenoxy) is 2. The van der Waals surface area contributed by atoms with Crippen LogP contribution in [0.15, 0.2) is 71.6 Å². The van der Waals surface area contributed by atoms with Crippen LogP contribution >= 0.6 is 11.3 Å². The Bertz CT molecular complexity index is 1280. The smallest absolute Gasteiger partial charge is 0.295 e. The van der Waals surface area contributed by atoms with Gasteiger partial charge in [0.25, 0.3) is 11.7 Å². The van der Waals surface area contributed by atoms with Gasteiger partial charge in [-0.15, -0.1) is 11.3 Å². The number of ketones is 1. The standard InChI is InChI=1S/C29H30N2O5S/c1-20-4-2-5-21(18-20)19-36-23-9-7-22(8-10-23)27(32)25-26(24-6-3-17-37-24)31(29(34)28(25)33)12-11-30-13-15-35-16-14-30/h2-10,17-18,26,32H,11-16,19H2,1H3. The van der Waals surface area contributed by atoms with Gasteiger partial charge in [-0.1, -0.05) is 35.9 Å². The van der Waals surface area contributed by atoms with Crippen LogP contribution in [0.2, 0.25) is 0 Å². The molecule has 8 heteroatoms. The highest BCUT2D eigenvalue weighted by Gasteiger charge is 2.46. The van der Waals surface area contributed by atoms with Gasteiger partial charge >= 0.3 is 0 Å². The molecule has 0 radical (unpaired) electrons. The Balaban J connectivity index is 1.37. The first-order chi connectivity index (χ1) is 18.0. The van der Waals surface area contributed by atoms with Crippen LogP contribution in [0.5, 0.6) is 5.75 Å². The Kier molecular flexibility index (Phi) is 7.69. The van der Waals surface area contributed by atoms with E-state index in [0.717, 1.165) is 23.5 Å². The average molecular weight is 519 g/mol. The second-order valence-electron chi connectivity index (χ2n) is 9.26. The lowest BCUT2D eigenvalue weighted by atomic mass is 10.00. The van der Waals surface area contributed by atoms with Crippen LogP contribution in [-0.4, -0.2) is 66.0 Å². The van der Waals surface area contributed by atoms with Crippen molar-refractivity contribution in [1.29, 1.82) is 0 Å². The number of aryl methyl sites for hydroxylation is 1. The molecule has 1 atom stereocenters. The van der Waals surface area contributed by atoms with Gasteiger partial charge in [-0.25, -0.2) is 0 Å². The number of carbonyl (C=O) groups excluding carboxylic acids is 2. The minimum Gasteiger partial charge on any atom is -0.507 e. The van der Waals surface area contributed by atoms with Crippen molar-refractivity contribution in [2.45, 2.75) is 19.6 Å². The Hall–Kier alpha value is -3.46. The number of rotatable bonds is 8.